The molecule has 0 aliphatic heterocycles. The van der Waals surface area contributed by atoms with Gasteiger partial charge in [0.25, 0.3) is 8.05 Å². The van der Waals surface area contributed by atoms with Crippen LogP contribution in [0.2, 0.25) is 0 Å². The summed E-state index contributed by atoms with van der Waals surface area (Å²) in [6, 6.07) is 17.1. The van der Waals surface area contributed by atoms with Gasteiger partial charge >= 0.3 is 7.12 Å². The van der Waals surface area contributed by atoms with Crippen LogP contribution in [-0.4, -0.2) is 30.2 Å². The Morgan fingerprint density at radius 2 is 1.18 bits per heavy atom. The molecule has 2 aromatic rings. The lowest BCUT2D eigenvalue weighted by atomic mass is 9.80. The van der Waals surface area contributed by atoms with Gasteiger partial charge in [0.1, 0.15) is 0 Å². The fourth-order valence-electron chi connectivity index (χ4n) is 1.48. The molecule has 2 aromatic carbocycles. The maximum Gasteiger partial charge on any atom is 0.488 e. The van der Waals surface area contributed by atoms with E-state index in [-0.39, 0.29) is 0 Å². The molecule has 3 N–H and O–H groups in total. The second-order valence-corrected chi connectivity index (χ2v) is 3.36. The fraction of sp³-hybridized carbons (Fsp3) is 0. The van der Waals surface area contributed by atoms with E-state index in [9.17, 15) is 0 Å². The molecule has 0 saturated heterocycles. The molecule has 0 aliphatic carbocycles. The van der Waals surface area contributed by atoms with E-state index in [4.69, 9.17) is 15.1 Å². The van der Waals surface area contributed by atoms with Gasteiger partial charge in [-0.15, -0.1) is 0 Å². The van der Waals surface area contributed by atoms with Crippen LogP contribution < -0.4 is 5.46 Å². The molecule has 0 bridgehead atoms. The largest absolute Gasteiger partial charge is 0.488 e. The highest BCUT2D eigenvalue weighted by molar-refractivity contribution is 6.58. The molecule has 2 radical (unpaired) electrons. The molecule has 0 heterocycles. The van der Waals surface area contributed by atoms with Crippen LogP contribution >= 0.6 is 0 Å². The van der Waals surface area contributed by atoms with Crippen molar-refractivity contribution in [3.05, 3.63) is 54.6 Å². The van der Waals surface area contributed by atoms with Crippen molar-refractivity contribution in [2.45, 2.75) is 0 Å². The third-order valence-corrected chi connectivity index (χ3v) is 2.32. The first-order chi connectivity index (χ1) is 8.27. The minimum atomic E-state index is -1.39. The average Bonchev–Trinajstić information content (AvgIpc) is 2.42. The van der Waals surface area contributed by atoms with E-state index in [0.717, 1.165) is 11.1 Å². The highest BCUT2D eigenvalue weighted by atomic mass is 16.4. The van der Waals surface area contributed by atoms with Crippen LogP contribution in [0.5, 0.6) is 0 Å². The minimum Gasteiger partial charge on any atom is -0.461 e. The highest BCUT2D eigenvalue weighted by Gasteiger charge is 2.09. The van der Waals surface area contributed by atoms with Crippen LogP contribution in [0.3, 0.4) is 0 Å². The Bertz CT molecular complexity index is 429. The van der Waals surface area contributed by atoms with Crippen LogP contribution in [0.4, 0.5) is 0 Å². The molecule has 0 spiro atoms. The molecule has 0 aromatic heterocycles. The molecule has 0 unspecified atom stereocenters. The minimum absolute atomic E-state index is 0.509. The van der Waals surface area contributed by atoms with Crippen LogP contribution in [0.15, 0.2) is 54.6 Å². The first kappa shape index (κ1) is 13.5. The third kappa shape index (κ3) is 3.75. The standard InChI is InChI=1S/C12H11BO2.BHO/c14-13(15)12-8-6-11(7-9-12)10-4-2-1-3-5-10;1-2/h1-9,14-15H;2H. The van der Waals surface area contributed by atoms with Crippen molar-refractivity contribution < 1.29 is 15.1 Å². The third-order valence-electron chi connectivity index (χ3n) is 2.32. The van der Waals surface area contributed by atoms with Gasteiger partial charge in [-0.05, 0) is 16.6 Å². The molecule has 2 rings (SSSR count). The van der Waals surface area contributed by atoms with Gasteiger partial charge in [-0.2, -0.15) is 0 Å². The van der Waals surface area contributed by atoms with Gasteiger partial charge in [-0.3, -0.25) is 0 Å². The van der Waals surface area contributed by atoms with Crippen molar-refractivity contribution in [3.8, 4) is 11.1 Å². The van der Waals surface area contributed by atoms with E-state index in [1.165, 1.54) is 0 Å². The molecule has 0 atom stereocenters. The molecule has 3 nitrogen and oxygen atoms in total. The molecule has 17 heavy (non-hydrogen) atoms. The topological polar surface area (TPSA) is 60.7 Å². The lowest BCUT2D eigenvalue weighted by molar-refractivity contribution is 0.426. The highest BCUT2D eigenvalue weighted by Crippen LogP contribution is 2.16. The zero-order chi connectivity index (χ0) is 12.7. The normalized spacial score (nSPS) is 9.12. The van der Waals surface area contributed by atoms with Crippen LogP contribution in [0.1, 0.15) is 0 Å². The lowest BCUT2D eigenvalue weighted by Gasteiger charge is -2.03. The van der Waals surface area contributed by atoms with Crippen molar-refractivity contribution in [2.75, 3.05) is 0 Å². The van der Waals surface area contributed by atoms with Crippen LogP contribution in [0, 0.1) is 0 Å². The lowest BCUT2D eigenvalue weighted by Crippen LogP contribution is -2.29. The van der Waals surface area contributed by atoms with Crippen LogP contribution in [-0.2, 0) is 0 Å². The van der Waals surface area contributed by atoms with E-state index in [2.05, 4.69) is 8.05 Å². The van der Waals surface area contributed by atoms with Crippen molar-refractivity contribution in [3.63, 3.8) is 0 Å². The first-order valence-corrected chi connectivity index (χ1v) is 5.05. The molecule has 0 fully saturated rings. The van der Waals surface area contributed by atoms with Gasteiger partial charge in [-0.1, -0.05) is 54.6 Å². The van der Waals surface area contributed by atoms with Crippen molar-refractivity contribution >= 4 is 20.6 Å². The summed E-state index contributed by atoms with van der Waals surface area (Å²) in [6.45, 7) is 0. The number of benzene rings is 2. The monoisotopic (exact) mass is 226 g/mol. The Morgan fingerprint density at radius 1 is 0.706 bits per heavy atom. The van der Waals surface area contributed by atoms with Gasteiger partial charge in [0.15, 0.2) is 0 Å². The first-order valence-electron chi connectivity index (χ1n) is 5.05. The number of hydrogen-bond acceptors (Lipinski definition) is 3. The van der Waals surface area contributed by atoms with Gasteiger partial charge in [0.2, 0.25) is 0 Å². The van der Waals surface area contributed by atoms with E-state index in [0.29, 0.717) is 5.46 Å². The van der Waals surface area contributed by atoms with E-state index in [1.807, 2.05) is 42.5 Å². The summed E-state index contributed by atoms with van der Waals surface area (Å²) in [7, 11) is 2.11. The zero-order valence-electron chi connectivity index (χ0n) is 9.19. The van der Waals surface area contributed by atoms with Crippen LogP contribution in [0.25, 0.3) is 11.1 Å². The quantitative estimate of drug-likeness (QED) is 0.636. The molecule has 0 amide bonds. The molecule has 5 heteroatoms. The van der Waals surface area contributed by atoms with Crippen molar-refractivity contribution in [1.82, 2.24) is 0 Å². The van der Waals surface area contributed by atoms with Gasteiger partial charge in [0, 0.05) is 0 Å². The summed E-state index contributed by atoms with van der Waals surface area (Å²) in [5, 5.41) is 24.4. The number of rotatable bonds is 2. The van der Waals surface area contributed by atoms with E-state index < -0.39 is 7.12 Å². The summed E-state index contributed by atoms with van der Waals surface area (Å²) in [5.41, 5.74) is 2.70. The predicted octanol–water partition coefficient (Wildman–Crippen LogP) is 0.0956. The summed E-state index contributed by atoms with van der Waals surface area (Å²) < 4.78 is 0. The summed E-state index contributed by atoms with van der Waals surface area (Å²) in [6.07, 6.45) is 0. The Kier molecular flexibility index (Phi) is 5.49. The average molecular weight is 226 g/mol. The number of hydrogen-bond donors (Lipinski definition) is 3. The maximum atomic E-state index is 8.94. The Labute approximate surface area is 102 Å². The molecular weight excluding hydrogens is 214 g/mol. The Balaban J connectivity index is 0.000000686. The Morgan fingerprint density at radius 3 is 1.65 bits per heavy atom. The SMILES string of the molecule is OB(O)c1ccc(-c2ccccc2)cc1.[B]O. The molecule has 0 saturated carbocycles. The maximum absolute atomic E-state index is 8.94. The summed E-state index contributed by atoms with van der Waals surface area (Å²) >= 11 is 0. The van der Waals surface area contributed by atoms with Gasteiger partial charge in [-0.25, -0.2) is 0 Å². The second kappa shape index (κ2) is 6.91. The summed E-state index contributed by atoms with van der Waals surface area (Å²) in [5.74, 6) is 0. The second-order valence-electron chi connectivity index (χ2n) is 3.36. The van der Waals surface area contributed by atoms with E-state index >= 15 is 0 Å². The van der Waals surface area contributed by atoms with Gasteiger partial charge < -0.3 is 15.1 Å². The fourth-order valence-corrected chi connectivity index (χ4v) is 1.48. The van der Waals surface area contributed by atoms with E-state index in [1.54, 1.807) is 12.1 Å². The smallest absolute Gasteiger partial charge is 0.461 e. The Hall–Kier alpha value is -1.55. The van der Waals surface area contributed by atoms with Gasteiger partial charge in [0.05, 0.1) is 0 Å². The van der Waals surface area contributed by atoms with Crippen molar-refractivity contribution in [1.29, 1.82) is 0 Å². The van der Waals surface area contributed by atoms with Crippen molar-refractivity contribution in [2.24, 2.45) is 0 Å². The summed E-state index contributed by atoms with van der Waals surface area (Å²) in [4.78, 5) is 0. The molecule has 0 aliphatic rings. The predicted molar refractivity (Wildman–Crippen MR) is 69.7 cm³/mol. The zero-order valence-corrected chi connectivity index (χ0v) is 9.19. The molecule has 84 valence electrons. The molecular formula is C12H12B2O3.